The standard InChI is InChI=1S/C16H18N2O3/c1-12(14-6-4-5-7-15(14)21-3)17(2)16(19)13-8-10-18(20)11-9-13/h4-12H,1-3H3. The summed E-state index contributed by atoms with van der Waals surface area (Å²) in [6.07, 6.45) is 2.63. The van der Waals surface area contributed by atoms with Crippen molar-refractivity contribution in [2.45, 2.75) is 13.0 Å². The molecule has 0 saturated heterocycles. The average molecular weight is 286 g/mol. The summed E-state index contributed by atoms with van der Waals surface area (Å²) in [6.45, 7) is 1.94. The minimum atomic E-state index is -0.145. The first kappa shape index (κ1) is 14.8. The molecule has 1 atom stereocenters. The molecule has 1 heterocycles. The van der Waals surface area contributed by atoms with Crippen molar-refractivity contribution in [3.8, 4) is 5.75 Å². The second-order valence-corrected chi connectivity index (χ2v) is 4.78. The van der Waals surface area contributed by atoms with Gasteiger partial charge in [-0.2, -0.15) is 4.73 Å². The first-order valence-electron chi connectivity index (χ1n) is 6.63. The Morgan fingerprint density at radius 2 is 1.86 bits per heavy atom. The Morgan fingerprint density at radius 3 is 2.48 bits per heavy atom. The third-order valence-electron chi connectivity index (χ3n) is 3.54. The van der Waals surface area contributed by atoms with Gasteiger partial charge in [-0.15, -0.1) is 0 Å². The minimum Gasteiger partial charge on any atom is -0.619 e. The Kier molecular flexibility index (Phi) is 4.42. The van der Waals surface area contributed by atoms with E-state index >= 15 is 0 Å². The first-order chi connectivity index (χ1) is 10.0. The van der Waals surface area contributed by atoms with Crippen molar-refractivity contribution in [3.05, 3.63) is 65.1 Å². The Hall–Kier alpha value is -2.56. The molecule has 2 rings (SSSR count). The molecule has 0 radical (unpaired) electrons. The first-order valence-corrected chi connectivity index (χ1v) is 6.63. The van der Waals surface area contributed by atoms with Gasteiger partial charge in [-0.05, 0) is 13.0 Å². The van der Waals surface area contributed by atoms with Crippen molar-refractivity contribution < 1.29 is 14.3 Å². The van der Waals surface area contributed by atoms with E-state index in [0.29, 0.717) is 10.3 Å². The monoisotopic (exact) mass is 286 g/mol. The number of methoxy groups -OCH3 is 1. The molecule has 5 nitrogen and oxygen atoms in total. The second-order valence-electron chi connectivity index (χ2n) is 4.78. The number of hydrogen-bond donors (Lipinski definition) is 0. The maximum absolute atomic E-state index is 12.4. The van der Waals surface area contributed by atoms with E-state index in [1.807, 2.05) is 31.2 Å². The van der Waals surface area contributed by atoms with Gasteiger partial charge in [-0.3, -0.25) is 4.79 Å². The van der Waals surface area contributed by atoms with Crippen LogP contribution in [0.5, 0.6) is 5.75 Å². The van der Waals surface area contributed by atoms with Crippen LogP contribution in [0.3, 0.4) is 0 Å². The van der Waals surface area contributed by atoms with Gasteiger partial charge in [0.1, 0.15) is 5.75 Å². The Balaban J connectivity index is 2.24. The van der Waals surface area contributed by atoms with E-state index in [1.165, 1.54) is 24.5 Å². The van der Waals surface area contributed by atoms with Crippen LogP contribution < -0.4 is 9.47 Å². The second kappa shape index (κ2) is 6.26. The van der Waals surface area contributed by atoms with Gasteiger partial charge in [0.25, 0.3) is 5.91 Å². The van der Waals surface area contributed by atoms with Crippen LogP contribution in [0.2, 0.25) is 0 Å². The summed E-state index contributed by atoms with van der Waals surface area (Å²) in [7, 11) is 3.34. The van der Waals surface area contributed by atoms with Crippen LogP contribution in [-0.2, 0) is 0 Å². The van der Waals surface area contributed by atoms with Crippen LogP contribution >= 0.6 is 0 Å². The van der Waals surface area contributed by atoms with E-state index in [4.69, 9.17) is 4.74 Å². The van der Waals surface area contributed by atoms with Crippen LogP contribution in [-0.4, -0.2) is 25.0 Å². The molecule has 0 bridgehead atoms. The number of pyridine rings is 1. The highest BCUT2D eigenvalue weighted by atomic mass is 16.5. The fraction of sp³-hybridized carbons (Fsp3) is 0.250. The number of aromatic nitrogens is 1. The molecule has 1 amide bonds. The summed E-state index contributed by atoms with van der Waals surface area (Å²) in [5.74, 6) is 0.601. The highest BCUT2D eigenvalue weighted by Gasteiger charge is 2.21. The SMILES string of the molecule is COc1ccccc1C(C)N(C)C(=O)c1cc[n+]([O-])cc1. The molecule has 21 heavy (non-hydrogen) atoms. The van der Waals surface area contributed by atoms with E-state index in [9.17, 15) is 10.0 Å². The highest BCUT2D eigenvalue weighted by molar-refractivity contribution is 5.94. The van der Waals surface area contributed by atoms with E-state index in [1.54, 1.807) is 19.1 Å². The summed E-state index contributed by atoms with van der Waals surface area (Å²) in [5, 5.41) is 11.0. The molecule has 0 aliphatic carbocycles. The molecule has 0 fully saturated rings. The Labute approximate surface area is 124 Å². The lowest BCUT2D eigenvalue weighted by Crippen LogP contribution is -2.31. The number of rotatable bonds is 4. The van der Waals surface area contributed by atoms with E-state index in [2.05, 4.69) is 0 Å². The maximum atomic E-state index is 12.4. The smallest absolute Gasteiger partial charge is 0.254 e. The van der Waals surface area contributed by atoms with Crippen LogP contribution in [0.4, 0.5) is 0 Å². The van der Waals surface area contributed by atoms with Gasteiger partial charge in [-0.25, -0.2) is 0 Å². The quantitative estimate of drug-likeness (QED) is 0.639. The molecule has 2 aromatic rings. The molecule has 0 aliphatic rings. The van der Waals surface area contributed by atoms with E-state index < -0.39 is 0 Å². The molecule has 1 unspecified atom stereocenters. The summed E-state index contributed by atoms with van der Waals surface area (Å²) in [6, 6.07) is 10.5. The lowest BCUT2D eigenvalue weighted by atomic mass is 10.1. The van der Waals surface area contributed by atoms with Crippen molar-refractivity contribution in [3.63, 3.8) is 0 Å². The van der Waals surface area contributed by atoms with Gasteiger partial charge in [0.2, 0.25) is 0 Å². The lowest BCUT2D eigenvalue weighted by Gasteiger charge is -2.26. The normalized spacial score (nSPS) is 11.8. The van der Waals surface area contributed by atoms with Gasteiger partial charge < -0.3 is 14.8 Å². The van der Waals surface area contributed by atoms with Gasteiger partial charge >= 0.3 is 0 Å². The molecule has 0 spiro atoms. The third kappa shape index (κ3) is 3.13. The number of carbonyl (C=O) groups excluding carboxylic acids is 1. The van der Waals surface area contributed by atoms with Crippen LogP contribution in [0, 0.1) is 5.21 Å². The van der Waals surface area contributed by atoms with Crippen molar-refractivity contribution in [2.24, 2.45) is 0 Å². The Bertz CT molecular complexity index is 626. The molecular weight excluding hydrogens is 268 g/mol. The highest BCUT2D eigenvalue weighted by Crippen LogP contribution is 2.28. The van der Waals surface area contributed by atoms with Crippen molar-refractivity contribution in [1.29, 1.82) is 0 Å². The fourth-order valence-corrected chi connectivity index (χ4v) is 2.16. The van der Waals surface area contributed by atoms with E-state index in [0.717, 1.165) is 11.3 Å². The molecule has 0 N–H and O–H groups in total. The number of ether oxygens (including phenoxy) is 1. The van der Waals surface area contributed by atoms with Gasteiger partial charge in [0.15, 0.2) is 12.4 Å². The molecule has 1 aromatic carbocycles. The molecule has 5 heteroatoms. The largest absolute Gasteiger partial charge is 0.619 e. The van der Waals surface area contributed by atoms with Crippen LogP contribution in [0.25, 0.3) is 0 Å². The number of hydrogen-bond acceptors (Lipinski definition) is 3. The zero-order chi connectivity index (χ0) is 15.4. The number of benzene rings is 1. The predicted octanol–water partition coefficient (Wildman–Crippen LogP) is 2.16. The van der Waals surface area contributed by atoms with Crippen molar-refractivity contribution in [1.82, 2.24) is 4.90 Å². The molecule has 1 aromatic heterocycles. The molecule has 110 valence electrons. The number of carbonyl (C=O) groups is 1. The summed E-state index contributed by atoms with van der Waals surface area (Å²) in [4.78, 5) is 14.1. The Morgan fingerprint density at radius 1 is 1.24 bits per heavy atom. The van der Waals surface area contributed by atoms with Gasteiger partial charge in [0, 0.05) is 24.7 Å². The zero-order valence-corrected chi connectivity index (χ0v) is 12.3. The number of para-hydroxylation sites is 1. The van der Waals surface area contributed by atoms with Crippen molar-refractivity contribution >= 4 is 5.91 Å². The third-order valence-corrected chi connectivity index (χ3v) is 3.54. The predicted molar refractivity (Wildman–Crippen MR) is 78.9 cm³/mol. The zero-order valence-electron chi connectivity index (χ0n) is 12.3. The minimum absolute atomic E-state index is 0.144. The molecule has 0 aliphatic heterocycles. The molecular formula is C16H18N2O3. The summed E-state index contributed by atoms with van der Waals surface area (Å²) < 4.78 is 5.99. The van der Waals surface area contributed by atoms with Crippen molar-refractivity contribution in [2.75, 3.05) is 14.2 Å². The number of amides is 1. The van der Waals surface area contributed by atoms with Crippen LogP contribution in [0.1, 0.15) is 28.9 Å². The average Bonchev–Trinajstić information content (AvgIpc) is 2.53. The maximum Gasteiger partial charge on any atom is 0.254 e. The van der Waals surface area contributed by atoms with Gasteiger partial charge in [0.05, 0.1) is 18.7 Å². The van der Waals surface area contributed by atoms with Crippen LogP contribution in [0.15, 0.2) is 48.8 Å². The van der Waals surface area contributed by atoms with Gasteiger partial charge in [-0.1, -0.05) is 18.2 Å². The summed E-state index contributed by atoms with van der Waals surface area (Å²) >= 11 is 0. The number of nitrogens with zero attached hydrogens (tertiary/aromatic N) is 2. The van der Waals surface area contributed by atoms with E-state index in [-0.39, 0.29) is 11.9 Å². The molecule has 0 saturated carbocycles. The summed E-state index contributed by atoms with van der Waals surface area (Å²) in [5.41, 5.74) is 1.41. The fourth-order valence-electron chi connectivity index (χ4n) is 2.16. The lowest BCUT2D eigenvalue weighted by molar-refractivity contribution is -0.605. The topological polar surface area (TPSA) is 56.5 Å².